The second kappa shape index (κ2) is 4.35. The fourth-order valence-electron chi connectivity index (χ4n) is 1.36. The van der Waals surface area contributed by atoms with Gasteiger partial charge < -0.3 is 10.5 Å². The molecule has 0 radical (unpaired) electrons. The predicted molar refractivity (Wildman–Crippen MR) is 52.5 cm³/mol. The molecule has 1 unspecified atom stereocenters. The summed E-state index contributed by atoms with van der Waals surface area (Å²) in [4.78, 5) is 4.34. The summed E-state index contributed by atoms with van der Waals surface area (Å²) in [7, 11) is 1.65. The number of aromatic nitrogens is 1. The van der Waals surface area contributed by atoms with Gasteiger partial charge in [0, 0.05) is 18.5 Å². The average molecular weight is 180 g/mol. The monoisotopic (exact) mass is 180 g/mol. The summed E-state index contributed by atoms with van der Waals surface area (Å²) < 4.78 is 4.99. The van der Waals surface area contributed by atoms with E-state index < -0.39 is 0 Å². The number of nitrogens with two attached hydrogens (primary N) is 1. The van der Waals surface area contributed by atoms with Gasteiger partial charge >= 0.3 is 0 Å². The summed E-state index contributed by atoms with van der Waals surface area (Å²) in [6.45, 7) is 4.47. The highest BCUT2D eigenvalue weighted by atomic mass is 16.5. The summed E-state index contributed by atoms with van der Waals surface area (Å²) in [6, 6.07) is 3.91. The predicted octanol–water partition coefficient (Wildman–Crippen LogP) is 1.34. The van der Waals surface area contributed by atoms with E-state index >= 15 is 0 Å². The third-order valence-electron chi connectivity index (χ3n) is 2.01. The van der Waals surface area contributed by atoms with Crippen LogP contribution in [0.2, 0.25) is 0 Å². The molecule has 3 heteroatoms. The van der Waals surface area contributed by atoms with Crippen molar-refractivity contribution in [2.45, 2.75) is 19.9 Å². The molecule has 0 aliphatic rings. The number of rotatable bonds is 3. The van der Waals surface area contributed by atoms with Crippen molar-refractivity contribution < 1.29 is 4.74 Å². The summed E-state index contributed by atoms with van der Waals surface area (Å²) in [6.07, 6.45) is 0. The summed E-state index contributed by atoms with van der Waals surface area (Å²) >= 11 is 0. The Bertz CT molecular complexity index is 286. The Balaban J connectivity index is 2.88. The summed E-state index contributed by atoms with van der Waals surface area (Å²) in [5.41, 5.74) is 8.96. The highest BCUT2D eigenvalue weighted by molar-refractivity contribution is 5.24. The molecule has 2 N–H and O–H groups in total. The maximum atomic E-state index is 5.89. The fourth-order valence-corrected chi connectivity index (χ4v) is 1.36. The molecule has 1 aromatic rings. The standard InChI is InChI=1S/C10H16N2O/c1-7-4-5-9(8(2)12-7)10(11)6-13-3/h4-5,10H,6,11H2,1-3H3. The summed E-state index contributed by atoms with van der Waals surface area (Å²) in [5, 5.41) is 0. The van der Waals surface area contributed by atoms with Gasteiger partial charge in [-0.1, -0.05) is 6.07 Å². The molecule has 0 aliphatic heterocycles. The van der Waals surface area contributed by atoms with Crippen LogP contribution in [0.4, 0.5) is 0 Å². The molecule has 0 aliphatic carbocycles. The van der Waals surface area contributed by atoms with E-state index in [-0.39, 0.29) is 6.04 Å². The number of hydrogen-bond acceptors (Lipinski definition) is 3. The van der Waals surface area contributed by atoms with Gasteiger partial charge in [-0.25, -0.2) is 0 Å². The van der Waals surface area contributed by atoms with Crippen LogP contribution in [0.25, 0.3) is 0 Å². The lowest BCUT2D eigenvalue weighted by molar-refractivity contribution is 0.180. The quantitative estimate of drug-likeness (QED) is 0.763. The molecule has 72 valence electrons. The van der Waals surface area contributed by atoms with Crippen molar-refractivity contribution in [1.29, 1.82) is 0 Å². The van der Waals surface area contributed by atoms with Gasteiger partial charge in [0.1, 0.15) is 0 Å². The van der Waals surface area contributed by atoms with E-state index in [0.29, 0.717) is 6.61 Å². The highest BCUT2D eigenvalue weighted by Gasteiger charge is 2.08. The number of methoxy groups -OCH3 is 1. The van der Waals surface area contributed by atoms with E-state index in [1.54, 1.807) is 7.11 Å². The van der Waals surface area contributed by atoms with Crippen LogP contribution in [0.15, 0.2) is 12.1 Å². The molecule has 0 aromatic carbocycles. The van der Waals surface area contributed by atoms with Crippen molar-refractivity contribution >= 4 is 0 Å². The Morgan fingerprint density at radius 3 is 2.69 bits per heavy atom. The Morgan fingerprint density at radius 1 is 1.46 bits per heavy atom. The molecule has 1 heterocycles. The molecular formula is C10H16N2O. The van der Waals surface area contributed by atoms with E-state index in [0.717, 1.165) is 17.0 Å². The molecule has 1 rings (SSSR count). The second-order valence-electron chi connectivity index (χ2n) is 3.19. The van der Waals surface area contributed by atoms with Gasteiger partial charge in [-0.15, -0.1) is 0 Å². The van der Waals surface area contributed by atoms with E-state index in [4.69, 9.17) is 10.5 Å². The van der Waals surface area contributed by atoms with E-state index in [1.807, 2.05) is 26.0 Å². The van der Waals surface area contributed by atoms with Crippen molar-refractivity contribution in [2.75, 3.05) is 13.7 Å². The van der Waals surface area contributed by atoms with Gasteiger partial charge in [0.25, 0.3) is 0 Å². The van der Waals surface area contributed by atoms with Crippen LogP contribution in [0.1, 0.15) is 23.0 Å². The van der Waals surface area contributed by atoms with Gasteiger partial charge in [-0.2, -0.15) is 0 Å². The molecule has 0 saturated carbocycles. The lowest BCUT2D eigenvalue weighted by Gasteiger charge is -2.13. The number of aryl methyl sites for hydroxylation is 2. The van der Waals surface area contributed by atoms with Crippen LogP contribution in [0.5, 0.6) is 0 Å². The molecule has 1 atom stereocenters. The first-order valence-electron chi connectivity index (χ1n) is 4.34. The number of ether oxygens (including phenoxy) is 1. The van der Waals surface area contributed by atoms with E-state index in [9.17, 15) is 0 Å². The van der Waals surface area contributed by atoms with Crippen LogP contribution in [-0.4, -0.2) is 18.7 Å². The van der Waals surface area contributed by atoms with Crippen molar-refractivity contribution in [2.24, 2.45) is 5.73 Å². The number of nitrogens with zero attached hydrogens (tertiary/aromatic N) is 1. The maximum absolute atomic E-state index is 5.89. The van der Waals surface area contributed by atoms with Crippen molar-refractivity contribution in [3.05, 3.63) is 29.1 Å². The molecule has 0 saturated heterocycles. The first kappa shape index (κ1) is 10.2. The fraction of sp³-hybridized carbons (Fsp3) is 0.500. The molecule has 0 fully saturated rings. The van der Waals surface area contributed by atoms with Gasteiger partial charge in [0.15, 0.2) is 0 Å². The lowest BCUT2D eigenvalue weighted by atomic mass is 10.1. The van der Waals surface area contributed by atoms with Crippen LogP contribution in [0.3, 0.4) is 0 Å². The smallest absolute Gasteiger partial charge is 0.0656 e. The Labute approximate surface area is 78.9 Å². The van der Waals surface area contributed by atoms with Gasteiger partial charge in [0.05, 0.1) is 12.6 Å². The largest absolute Gasteiger partial charge is 0.383 e. The lowest BCUT2D eigenvalue weighted by Crippen LogP contribution is -2.17. The Hall–Kier alpha value is -0.930. The van der Waals surface area contributed by atoms with E-state index in [1.165, 1.54) is 0 Å². The molecule has 0 bridgehead atoms. The minimum absolute atomic E-state index is 0.0712. The first-order chi connectivity index (χ1) is 6.15. The normalized spacial score (nSPS) is 12.9. The third-order valence-corrected chi connectivity index (χ3v) is 2.01. The van der Waals surface area contributed by atoms with Gasteiger partial charge in [-0.05, 0) is 25.5 Å². The molecular weight excluding hydrogens is 164 g/mol. The second-order valence-corrected chi connectivity index (χ2v) is 3.19. The first-order valence-corrected chi connectivity index (χ1v) is 4.34. The SMILES string of the molecule is COCC(N)c1ccc(C)nc1C. The van der Waals surface area contributed by atoms with Crippen LogP contribution in [-0.2, 0) is 4.74 Å². The molecule has 0 spiro atoms. The molecule has 0 amide bonds. The van der Waals surface area contributed by atoms with Crippen LogP contribution in [0, 0.1) is 13.8 Å². The number of pyridine rings is 1. The van der Waals surface area contributed by atoms with Crippen molar-refractivity contribution in [3.63, 3.8) is 0 Å². The highest BCUT2D eigenvalue weighted by Crippen LogP contribution is 2.14. The average Bonchev–Trinajstić information content (AvgIpc) is 2.04. The molecule has 1 aromatic heterocycles. The van der Waals surface area contributed by atoms with Crippen LogP contribution >= 0.6 is 0 Å². The molecule has 13 heavy (non-hydrogen) atoms. The topological polar surface area (TPSA) is 48.1 Å². The Morgan fingerprint density at radius 2 is 2.15 bits per heavy atom. The minimum Gasteiger partial charge on any atom is -0.383 e. The van der Waals surface area contributed by atoms with Crippen molar-refractivity contribution in [1.82, 2.24) is 4.98 Å². The molecule has 3 nitrogen and oxygen atoms in total. The van der Waals surface area contributed by atoms with Gasteiger partial charge in [0.2, 0.25) is 0 Å². The maximum Gasteiger partial charge on any atom is 0.0656 e. The Kier molecular flexibility index (Phi) is 3.39. The third kappa shape index (κ3) is 2.50. The minimum atomic E-state index is -0.0712. The zero-order chi connectivity index (χ0) is 9.84. The number of hydrogen-bond donors (Lipinski definition) is 1. The van der Waals surface area contributed by atoms with Gasteiger partial charge in [-0.3, -0.25) is 4.98 Å². The zero-order valence-corrected chi connectivity index (χ0v) is 8.37. The van der Waals surface area contributed by atoms with Crippen molar-refractivity contribution in [3.8, 4) is 0 Å². The van der Waals surface area contributed by atoms with E-state index in [2.05, 4.69) is 4.98 Å². The zero-order valence-electron chi connectivity index (χ0n) is 8.37. The van der Waals surface area contributed by atoms with Crippen LogP contribution < -0.4 is 5.73 Å². The summed E-state index contributed by atoms with van der Waals surface area (Å²) in [5.74, 6) is 0.